The Bertz CT molecular complexity index is 529. The molecule has 0 atom stereocenters. The van der Waals surface area contributed by atoms with Gasteiger partial charge in [0.05, 0.1) is 0 Å². The zero-order valence-corrected chi connectivity index (χ0v) is 12.2. The van der Waals surface area contributed by atoms with Gasteiger partial charge in [0.2, 0.25) is 10.0 Å². The fraction of sp³-hybridized carbons (Fsp3) is 0.538. The number of hydrogen-bond donors (Lipinski definition) is 1. The first-order chi connectivity index (χ1) is 8.80. The van der Waals surface area contributed by atoms with Crippen LogP contribution in [0.1, 0.15) is 25.8 Å². The van der Waals surface area contributed by atoms with Crippen molar-refractivity contribution in [3.63, 3.8) is 0 Å². The van der Waals surface area contributed by atoms with E-state index in [1.165, 1.54) is 16.4 Å². The zero-order chi connectivity index (χ0) is 14.6. The highest BCUT2D eigenvalue weighted by Gasteiger charge is 2.29. The van der Waals surface area contributed by atoms with Crippen molar-refractivity contribution in [3.05, 3.63) is 29.6 Å². The van der Waals surface area contributed by atoms with Gasteiger partial charge in [0.15, 0.2) is 0 Å². The molecule has 108 valence electrons. The lowest BCUT2D eigenvalue weighted by Gasteiger charge is -2.26. The second kappa shape index (κ2) is 6.45. The Labute approximate surface area is 113 Å². The Hall–Kier alpha value is -0.980. The Morgan fingerprint density at radius 3 is 2.53 bits per heavy atom. The first kappa shape index (κ1) is 16.1. The van der Waals surface area contributed by atoms with Gasteiger partial charge in [-0.1, -0.05) is 6.07 Å². The molecule has 0 aromatic heterocycles. The Morgan fingerprint density at radius 1 is 1.37 bits per heavy atom. The topological polar surface area (TPSA) is 57.6 Å². The number of halogens is 1. The lowest BCUT2D eigenvalue weighted by Crippen LogP contribution is -2.38. The van der Waals surface area contributed by atoms with Gasteiger partial charge in [-0.05, 0) is 44.9 Å². The van der Waals surface area contributed by atoms with E-state index in [1.807, 2.05) is 0 Å². The minimum absolute atomic E-state index is 0.102. The minimum Gasteiger partial charge on any atom is -0.396 e. The van der Waals surface area contributed by atoms with Crippen molar-refractivity contribution in [1.82, 2.24) is 4.31 Å². The molecule has 1 aromatic carbocycles. The summed E-state index contributed by atoms with van der Waals surface area (Å²) in [7, 11) is -3.88. The van der Waals surface area contributed by atoms with Gasteiger partial charge in [-0.3, -0.25) is 0 Å². The standard InChI is InChI=1S/C13H20FNO3S/c1-10(2)15(7-4-8-16)19(17,18)13-9-11(3)5-6-12(13)14/h5-6,9-10,16H,4,7-8H2,1-3H3. The van der Waals surface area contributed by atoms with Gasteiger partial charge < -0.3 is 5.11 Å². The van der Waals surface area contributed by atoms with Crippen LogP contribution in [0, 0.1) is 12.7 Å². The van der Waals surface area contributed by atoms with Crippen LogP contribution in [0.5, 0.6) is 0 Å². The molecule has 0 amide bonds. The quantitative estimate of drug-likeness (QED) is 0.870. The van der Waals surface area contributed by atoms with E-state index in [9.17, 15) is 12.8 Å². The normalized spacial score (nSPS) is 12.4. The lowest BCUT2D eigenvalue weighted by atomic mass is 10.2. The molecule has 0 unspecified atom stereocenters. The maximum Gasteiger partial charge on any atom is 0.246 e. The summed E-state index contributed by atoms with van der Waals surface area (Å²) < 4.78 is 39.9. The number of benzene rings is 1. The highest BCUT2D eigenvalue weighted by molar-refractivity contribution is 7.89. The summed E-state index contributed by atoms with van der Waals surface area (Å²) in [6.07, 6.45) is 0.324. The fourth-order valence-electron chi connectivity index (χ4n) is 1.82. The van der Waals surface area contributed by atoms with Gasteiger partial charge in [-0.25, -0.2) is 12.8 Å². The second-order valence-corrected chi connectivity index (χ2v) is 6.58. The van der Waals surface area contributed by atoms with Crippen molar-refractivity contribution in [1.29, 1.82) is 0 Å². The summed E-state index contributed by atoms with van der Waals surface area (Å²) in [4.78, 5) is -0.306. The monoisotopic (exact) mass is 289 g/mol. The van der Waals surface area contributed by atoms with Crippen LogP contribution in [0.4, 0.5) is 4.39 Å². The number of hydrogen-bond acceptors (Lipinski definition) is 3. The first-order valence-corrected chi connectivity index (χ1v) is 7.63. The molecule has 0 fully saturated rings. The van der Waals surface area contributed by atoms with Gasteiger partial charge in [0, 0.05) is 19.2 Å². The predicted octanol–water partition coefficient (Wildman–Crippen LogP) is 1.92. The third-order valence-corrected chi connectivity index (χ3v) is 4.88. The summed E-state index contributed by atoms with van der Waals surface area (Å²) in [5.41, 5.74) is 0.686. The minimum atomic E-state index is -3.88. The molecule has 19 heavy (non-hydrogen) atoms. The lowest BCUT2D eigenvalue weighted by molar-refractivity contribution is 0.258. The van der Waals surface area contributed by atoms with Crippen LogP contribution >= 0.6 is 0 Å². The van der Waals surface area contributed by atoms with E-state index in [-0.39, 0.29) is 24.1 Å². The van der Waals surface area contributed by atoms with Crippen LogP contribution < -0.4 is 0 Å². The molecule has 1 N–H and O–H groups in total. The first-order valence-electron chi connectivity index (χ1n) is 6.19. The molecule has 0 saturated carbocycles. The summed E-state index contributed by atoms with van der Waals surface area (Å²) in [6, 6.07) is 3.73. The van der Waals surface area contributed by atoms with Gasteiger partial charge in [0.25, 0.3) is 0 Å². The van der Waals surface area contributed by atoms with E-state index < -0.39 is 15.8 Å². The van der Waals surface area contributed by atoms with E-state index in [1.54, 1.807) is 20.8 Å². The van der Waals surface area contributed by atoms with Crippen molar-refractivity contribution in [3.8, 4) is 0 Å². The molecule has 0 radical (unpaired) electrons. The maximum absolute atomic E-state index is 13.8. The number of rotatable bonds is 6. The maximum atomic E-state index is 13.8. The van der Waals surface area contributed by atoms with Gasteiger partial charge >= 0.3 is 0 Å². The highest BCUT2D eigenvalue weighted by Crippen LogP contribution is 2.22. The van der Waals surface area contributed by atoms with Crippen LogP contribution in [0.2, 0.25) is 0 Å². The van der Waals surface area contributed by atoms with Gasteiger partial charge in [-0.2, -0.15) is 4.31 Å². The van der Waals surface area contributed by atoms with Crippen molar-refractivity contribution in [2.45, 2.75) is 38.1 Å². The molecule has 0 aliphatic rings. The molecule has 1 rings (SSSR count). The number of sulfonamides is 1. The Kier molecular flexibility index (Phi) is 5.46. The van der Waals surface area contributed by atoms with Crippen molar-refractivity contribution < 1.29 is 17.9 Å². The molecular weight excluding hydrogens is 269 g/mol. The fourth-order valence-corrected chi connectivity index (χ4v) is 3.64. The summed E-state index contributed by atoms with van der Waals surface area (Å²) in [5, 5.41) is 8.84. The van der Waals surface area contributed by atoms with Crippen molar-refractivity contribution >= 4 is 10.0 Å². The molecule has 4 nitrogen and oxygen atoms in total. The van der Waals surface area contributed by atoms with E-state index in [0.717, 1.165) is 6.07 Å². The predicted molar refractivity (Wildman–Crippen MR) is 71.9 cm³/mol. The van der Waals surface area contributed by atoms with Gasteiger partial charge in [-0.15, -0.1) is 0 Å². The Morgan fingerprint density at radius 2 is 2.00 bits per heavy atom. The van der Waals surface area contributed by atoms with E-state index in [2.05, 4.69) is 0 Å². The Balaban J connectivity index is 3.22. The molecule has 0 aliphatic heterocycles. The summed E-state index contributed by atoms with van der Waals surface area (Å²) >= 11 is 0. The van der Waals surface area contributed by atoms with E-state index in [0.29, 0.717) is 12.0 Å². The average Bonchev–Trinajstić information content (AvgIpc) is 2.32. The van der Waals surface area contributed by atoms with Crippen LogP contribution in [-0.2, 0) is 10.0 Å². The molecule has 0 saturated heterocycles. The van der Waals surface area contributed by atoms with Crippen LogP contribution in [0.3, 0.4) is 0 Å². The van der Waals surface area contributed by atoms with E-state index in [4.69, 9.17) is 5.11 Å². The van der Waals surface area contributed by atoms with E-state index >= 15 is 0 Å². The average molecular weight is 289 g/mol. The largest absolute Gasteiger partial charge is 0.396 e. The molecule has 1 aromatic rings. The van der Waals surface area contributed by atoms with Crippen LogP contribution in [0.15, 0.2) is 23.1 Å². The number of aryl methyl sites for hydroxylation is 1. The molecule has 0 heterocycles. The molecular formula is C13H20FNO3S. The third-order valence-electron chi connectivity index (χ3n) is 2.79. The molecule has 0 spiro atoms. The highest BCUT2D eigenvalue weighted by atomic mass is 32.2. The van der Waals surface area contributed by atoms with Crippen LogP contribution in [-0.4, -0.2) is 37.0 Å². The summed E-state index contributed by atoms with van der Waals surface area (Å²) in [5.74, 6) is -0.750. The number of nitrogens with zero attached hydrogens (tertiary/aromatic N) is 1. The second-order valence-electron chi connectivity index (χ2n) is 4.72. The third kappa shape index (κ3) is 3.75. The molecule has 0 bridgehead atoms. The molecule has 0 aliphatic carbocycles. The number of aliphatic hydroxyl groups excluding tert-OH is 1. The zero-order valence-electron chi connectivity index (χ0n) is 11.4. The SMILES string of the molecule is Cc1ccc(F)c(S(=O)(=O)N(CCCO)C(C)C)c1. The smallest absolute Gasteiger partial charge is 0.246 e. The van der Waals surface area contributed by atoms with Crippen molar-refractivity contribution in [2.75, 3.05) is 13.2 Å². The van der Waals surface area contributed by atoms with Crippen LogP contribution in [0.25, 0.3) is 0 Å². The number of aliphatic hydroxyl groups is 1. The van der Waals surface area contributed by atoms with Crippen molar-refractivity contribution in [2.24, 2.45) is 0 Å². The summed E-state index contributed by atoms with van der Waals surface area (Å²) in [6.45, 7) is 5.23. The molecule has 6 heteroatoms. The van der Waals surface area contributed by atoms with Gasteiger partial charge in [0.1, 0.15) is 10.7 Å².